The third-order valence-electron chi connectivity index (χ3n) is 3.54. The molecule has 0 bridgehead atoms. The minimum atomic E-state index is 0.625. The van der Waals surface area contributed by atoms with Crippen LogP contribution in [-0.2, 0) is 13.0 Å². The minimum Gasteiger partial charge on any atom is -0.328 e. The first kappa shape index (κ1) is 14.7. The van der Waals surface area contributed by atoms with Crippen molar-refractivity contribution in [1.82, 2.24) is 9.55 Å². The van der Waals surface area contributed by atoms with Crippen molar-refractivity contribution in [2.24, 2.45) is 0 Å². The van der Waals surface area contributed by atoms with Crippen LogP contribution in [0.3, 0.4) is 0 Å². The van der Waals surface area contributed by atoms with Crippen molar-refractivity contribution < 1.29 is 0 Å². The lowest BCUT2D eigenvalue weighted by atomic mass is 10.2. The van der Waals surface area contributed by atoms with E-state index in [-0.39, 0.29) is 0 Å². The summed E-state index contributed by atoms with van der Waals surface area (Å²) in [6.45, 7) is 5.42. The zero-order valence-electron chi connectivity index (χ0n) is 11.8. The van der Waals surface area contributed by atoms with Crippen molar-refractivity contribution in [3.8, 4) is 0 Å². The third-order valence-corrected chi connectivity index (χ3v) is 4.77. The number of para-hydroxylation sites is 1. The van der Waals surface area contributed by atoms with Crippen LogP contribution in [0.1, 0.15) is 24.7 Å². The molecule has 0 N–H and O–H groups in total. The lowest BCUT2D eigenvalue weighted by Gasteiger charge is -2.12. The van der Waals surface area contributed by atoms with Gasteiger partial charge in [0.2, 0.25) is 0 Å². The van der Waals surface area contributed by atoms with Crippen LogP contribution in [-0.4, -0.2) is 26.9 Å². The molecule has 19 heavy (non-hydrogen) atoms. The monoisotopic (exact) mass is 296 g/mol. The summed E-state index contributed by atoms with van der Waals surface area (Å²) in [6, 6.07) is 6.39. The van der Waals surface area contributed by atoms with E-state index in [0.717, 1.165) is 30.7 Å². The quantitative estimate of drug-likeness (QED) is 0.741. The maximum atomic E-state index is 5.91. The van der Waals surface area contributed by atoms with Crippen molar-refractivity contribution in [1.29, 1.82) is 0 Å². The van der Waals surface area contributed by atoms with Crippen LogP contribution in [0.15, 0.2) is 18.2 Å². The summed E-state index contributed by atoms with van der Waals surface area (Å²) in [6.07, 6.45) is 4.17. The molecule has 0 fully saturated rings. The molecule has 1 aromatic carbocycles. The Kier molecular flexibility index (Phi) is 5.17. The molecular weight excluding hydrogens is 276 g/mol. The lowest BCUT2D eigenvalue weighted by molar-refractivity contribution is 0.628. The first-order valence-corrected chi connectivity index (χ1v) is 8.53. The van der Waals surface area contributed by atoms with E-state index in [9.17, 15) is 0 Å². The SMILES string of the molecule is CSC(C)CCn1c(CCCl)nc2c(C)cccc21. The van der Waals surface area contributed by atoms with E-state index in [1.165, 1.54) is 11.1 Å². The van der Waals surface area contributed by atoms with E-state index in [0.29, 0.717) is 11.1 Å². The van der Waals surface area contributed by atoms with Crippen molar-refractivity contribution in [3.63, 3.8) is 0 Å². The second-order valence-corrected chi connectivity index (χ2v) is 6.55. The largest absolute Gasteiger partial charge is 0.328 e. The van der Waals surface area contributed by atoms with Gasteiger partial charge in [-0.15, -0.1) is 11.6 Å². The predicted molar refractivity (Wildman–Crippen MR) is 86.5 cm³/mol. The minimum absolute atomic E-state index is 0.625. The first-order chi connectivity index (χ1) is 9.17. The molecule has 4 heteroatoms. The zero-order valence-corrected chi connectivity index (χ0v) is 13.4. The van der Waals surface area contributed by atoms with Gasteiger partial charge in [-0.1, -0.05) is 19.1 Å². The van der Waals surface area contributed by atoms with E-state index in [1.807, 2.05) is 11.8 Å². The highest BCUT2D eigenvalue weighted by molar-refractivity contribution is 7.99. The molecule has 2 rings (SSSR count). The standard InChI is InChI=1S/C15H21ClN2S/c1-11-5-4-6-13-15(11)17-14(7-9-16)18(13)10-8-12(2)19-3/h4-6,12H,7-10H2,1-3H3. The molecule has 0 radical (unpaired) electrons. The van der Waals surface area contributed by atoms with E-state index in [2.05, 4.69) is 42.9 Å². The number of fused-ring (bicyclic) bond motifs is 1. The van der Waals surface area contributed by atoms with Gasteiger partial charge < -0.3 is 4.57 Å². The number of hydrogen-bond donors (Lipinski definition) is 0. The van der Waals surface area contributed by atoms with E-state index in [4.69, 9.17) is 16.6 Å². The highest BCUT2D eigenvalue weighted by Crippen LogP contribution is 2.22. The number of aromatic nitrogens is 2. The molecular formula is C15H21ClN2S. The average molecular weight is 297 g/mol. The van der Waals surface area contributed by atoms with Crippen molar-refractivity contribution >= 4 is 34.4 Å². The Labute approximate surface area is 124 Å². The van der Waals surface area contributed by atoms with E-state index < -0.39 is 0 Å². The Bertz CT molecular complexity index is 550. The number of alkyl halides is 1. The normalized spacial score (nSPS) is 13.1. The summed E-state index contributed by atoms with van der Waals surface area (Å²) in [4.78, 5) is 4.78. The Morgan fingerprint density at radius 1 is 1.42 bits per heavy atom. The average Bonchev–Trinajstić information content (AvgIpc) is 2.76. The van der Waals surface area contributed by atoms with Crippen molar-refractivity contribution in [2.75, 3.05) is 12.1 Å². The van der Waals surface area contributed by atoms with Crippen LogP contribution < -0.4 is 0 Å². The molecule has 2 aromatic rings. The molecule has 1 heterocycles. The van der Waals surface area contributed by atoms with E-state index >= 15 is 0 Å². The molecule has 0 saturated heterocycles. The summed E-state index contributed by atoms with van der Waals surface area (Å²) in [5.74, 6) is 1.74. The number of aryl methyl sites for hydroxylation is 3. The number of nitrogens with zero attached hydrogens (tertiary/aromatic N) is 2. The molecule has 1 atom stereocenters. The number of halogens is 1. The summed E-state index contributed by atoms with van der Waals surface area (Å²) in [5, 5.41) is 0.672. The maximum Gasteiger partial charge on any atom is 0.111 e. The number of hydrogen-bond acceptors (Lipinski definition) is 2. The predicted octanol–water partition coefficient (Wildman–Crippen LogP) is 4.27. The second-order valence-electron chi connectivity index (χ2n) is 4.90. The number of benzene rings is 1. The molecule has 0 saturated carbocycles. The Morgan fingerprint density at radius 2 is 2.21 bits per heavy atom. The van der Waals surface area contributed by atoms with Crippen molar-refractivity contribution in [3.05, 3.63) is 29.6 Å². The van der Waals surface area contributed by atoms with Crippen LogP contribution in [0, 0.1) is 6.92 Å². The summed E-state index contributed by atoms with van der Waals surface area (Å²) >= 11 is 7.82. The van der Waals surface area contributed by atoms with Gasteiger partial charge in [-0.2, -0.15) is 11.8 Å². The van der Waals surface area contributed by atoms with Gasteiger partial charge >= 0.3 is 0 Å². The van der Waals surface area contributed by atoms with Crippen LogP contribution in [0.25, 0.3) is 11.0 Å². The Hall–Kier alpha value is -0.670. The van der Waals surface area contributed by atoms with Gasteiger partial charge in [-0.05, 0) is 31.2 Å². The molecule has 0 aliphatic rings. The van der Waals surface area contributed by atoms with Gasteiger partial charge in [0.15, 0.2) is 0 Å². The second kappa shape index (κ2) is 6.67. The molecule has 1 unspecified atom stereocenters. The summed E-state index contributed by atoms with van der Waals surface area (Å²) in [7, 11) is 0. The lowest BCUT2D eigenvalue weighted by Crippen LogP contribution is -2.08. The van der Waals surface area contributed by atoms with Crippen molar-refractivity contribution in [2.45, 2.75) is 38.5 Å². The molecule has 1 aromatic heterocycles. The first-order valence-electron chi connectivity index (χ1n) is 6.71. The fourth-order valence-electron chi connectivity index (χ4n) is 2.29. The topological polar surface area (TPSA) is 17.8 Å². The highest BCUT2D eigenvalue weighted by Gasteiger charge is 2.12. The molecule has 0 spiro atoms. The number of thioether (sulfide) groups is 1. The molecule has 0 aliphatic heterocycles. The van der Waals surface area contributed by atoms with Gasteiger partial charge in [0.1, 0.15) is 5.82 Å². The van der Waals surface area contributed by atoms with Gasteiger partial charge in [0.25, 0.3) is 0 Å². The van der Waals surface area contributed by atoms with Crippen LogP contribution in [0.4, 0.5) is 0 Å². The van der Waals surface area contributed by atoms with Gasteiger partial charge in [-0.25, -0.2) is 4.98 Å². The maximum absolute atomic E-state index is 5.91. The zero-order chi connectivity index (χ0) is 13.8. The van der Waals surface area contributed by atoms with Gasteiger partial charge in [0, 0.05) is 24.1 Å². The fourth-order valence-corrected chi connectivity index (χ4v) is 2.80. The summed E-state index contributed by atoms with van der Waals surface area (Å²) < 4.78 is 2.34. The van der Waals surface area contributed by atoms with Gasteiger partial charge in [0.05, 0.1) is 11.0 Å². The Balaban J connectivity index is 2.37. The molecule has 2 nitrogen and oxygen atoms in total. The summed E-state index contributed by atoms with van der Waals surface area (Å²) in [5.41, 5.74) is 3.61. The van der Waals surface area contributed by atoms with Crippen LogP contribution in [0.2, 0.25) is 0 Å². The Morgan fingerprint density at radius 3 is 2.89 bits per heavy atom. The molecule has 0 amide bonds. The van der Waals surface area contributed by atoms with Crippen LogP contribution in [0.5, 0.6) is 0 Å². The number of imidazole rings is 1. The molecule has 104 valence electrons. The fraction of sp³-hybridized carbons (Fsp3) is 0.533. The third kappa shape index (κ3) is 3.26. The highest BCUT2D eigenvalue weighted by atomic mass is 35.5. The van der Waals surface area contributed by atoms with Crippen LogP contribution >= 0.6 is 23.4 Å². The number of rotatable bonds is 6. The van der Waals surface area contributed by atoms with Gasteiger partial charge in [-0.3, -0.25) is 0 Å². The smallest absolute Gasteiger partial charge is 0.111 e. The van der Waals surface area contributed by atoms with E-state index in [1.54, 1.807) is 0 Å². The molecule has 0 aliphatic carbocycles.